The van der Waals surface area contributed by atoms with Gasteiger partial charge in [0.15, 0.2) is 5.16 Å². The zero-order chi connectivity index (χ0) is 18.8. The lowest BCUT2D eigenvalue weighted by molar-refractivity contribution is -0.125. The van der Waals surface area contributed by atoms with Crippen LogP contribution in [0.25, 0.3) is 16.6 Å². The van der Waals surface area contributed by atoms with E-state index in [1.165, 1.54) is 16.7 Å². The van der Waals surface area contributed by atoms with Crippen LogP contribution in [-0.4, -0.2) is 40.2 Å². The van der Waals surface area contributed by atoms with Gasteiger partial charge in [-0.15, -0.1) is 0 Å². The van der Waals surface area contributed by atoms with Crippen LogP contribution < -0.4 is 5.56 Å². The molecule has 0 saturated heterocycles. The number of amides is 1. The van der Waals surface area contributed by atoms with E-state index in [9.17, 15) is 9.59 Å². The summed E-state index contributed by atoms with van der Waals surface area (Å²) in [4.78, 5) is 31.3. The predicted octanol–water partition coefficient (Wildman–Crippen LogP) is 3.53. The molecule has 0 aliphatic rings. The van der Waals surface area contributed by atoms with Crippen LogP contribution in [0.15, 0.2) is 52.4 Å². The summed E-state index contributed by atoms with van der Waals surface area (Å²) in [6.07, 6.45) is 0. The number of para-hydroxylation sites is 1. The highest BCUT2D eigenvalue weighted by atomic mass is 35.5. The third kappa shape index (κ3) is 3.61. The number of aryl methyl sites for hydroxylation is 1. The molecule has 0 aliphatic carbocycles. The molecule has 26 heavy (non-hydrogen) atoms. The van der Waals surface area contributed by atoms with Crippen LogP contribution in [0.4, 0.5) is 0 Å². The van der Waals surface area contributed by atoms with Crippen LogP contribution in [0.1, 0.15) is 5.56 Å². The molecule has 7 heteroatoms. The second-order valence-electron chi connectivity index (χ2n) is 6.06. The van der Waals surface area contributed by atoms with Crippen molar-refractivity contribution in [1.82, 2.24) is 14.5 Å². The highest BCUT2D eigenvalue weighted by Crippen LogP contribution is 2.24. The monoisotopic (exact) mass is 387 g/mol. The van der Waals surface area contributed by atoms with E-state index in [1.807, 2.05) is 31.2 Å². The number of rotatable bonds is 4. The van der Waals surface area contributed by atoms with Gasteiger partial charge in [-0.3, -0.25) is 14.2 Å². The molecule has 0 unspecified atom stereocenters. The fraction of sp³-hybridized carbons (Fsp3) is 0.211. The fourth-order valence-corrected chi connectivity index (χ4v) is 3.67. The van der Waals surface area contributed by atoms with E-state index in [2.05, 4.69) is 4.98 Å². The Morgan fingerprint density at radius 3 is 2.65 bits per heavy atom. The van der Waals surface area contributed by atoms with Crippen molar-refractivity contribution in [2.45, 2.75) is 12.1 Å². The number of benzene rings is 2. The number of fused-ring (bicyclic) bond motifs is 1. The molecule has 0 fully saturated rings. The average Bonchev–Trinajstić information content (AvgIpc) is 2.60. The number of nitrogens with zero attached hydrogens (tertiary/aromatic N) is 3. The van der Waals surface area contributed by atoms with Crippen LogP contribution in [0, 0.1) is 6.92 Å². The van der Waals surface area contributed by atoms with Crippen molar-refractivity contribution in [3.05, 3.63) is 63.4 Å². The standard InChI is InChI=1S/C19H18ClN3O2S/c1-12-6-4-5-7-16(12)23-18(25)14-9-8-13(20)10-15(14)21-19(23)26-11-17(24)22(2)3/h4-10H,11H2,1-3H3. The maximum Gasteiger partial charge on any atom is 0.266 e. The molecule has 0 bridgehead atoms. The Hall–Kier alpha value is -2.31. The van der Waals surface area contributed by atoms with Crippen molar-refractivity contribution in [3.63, 3.8) is 0 Å². The van der Waals surface area contributed by atoms with E-state index >= 15 is 0 Å². The van der Waals surface area contributed by atoms with Crippen LogP contribution in [-0.2, 0) is 4.79 Å². The maximum absolute atomic E-state index is 13.2. The first-order valence-corrected chi connectivity index (χ1v) is 9.36. The normalized spacial score (nSPS) is 10.9. The van der Waals surface area contributed by atoms with Gasteiger partial charge in [-0.05, 0) is 36.8 Å². The Labute approximate surface area is 160 Å². The number of aromatic nitrogens is 2. The van der Waals surface area contributed by atoms with Crippen molar-refractivity contribution < 1.29 is 4.79 Å². The van der Waals surface area contributed by atoms with Gasteiger partial charge in [-0.25, -0.2) is 4.98 Å². The fourth-order valence-electron chi connectivity index (χ4n) is 2.52. The summed E-state index contributed by atoms with van der Waals surface area (Å²) in [5, 5.41) is 1.47. The number of thioether (sulfide) groups is 1. The number of carbonyl (C=O) groups is 1. The van der Waals surface area contributed by atoms with Gasteiger partial charge in [-0.1, -0.05) is 41.6 Å². The van der Waals surface area contributed by atoms with Crippen molar-refractivity contribution in [2.75, 3.05) is 19.8 Å². The van der Waals surface area contributed by atoms with E-state index in [0.29, 0.717) is 21.1 Å². The molecule has 0 spiro atoms. The van der Waals surface area contributed by atoms with Gasteiger partial charge in [0, 0.05) is 19.1 Å². The van der Waals surface area contributed by atoms with Crippen molar-refractivity contribution in [3.8, 4) is 5.69 Å². The van der Waals surface area contributed by atoms with Gasteiger partial charge >= 0.3 is 0 Å². The number of halogens is 1. The minimum atomic E-state index is -0.180. The smallest absolute Gasteiger partial charge is 0.266 e. The van der Waals surface area contributed by atoms with E-state index in [4.69, 9.17) is 11.6 Å². The molecular formula is C19H18ClN3O2S. The number of hydrogen-bond acceptors (Lipinski definition) is 4. The molecule has 0 radical (unpaired) electrons. The van der Waals surface area contributed by atoms with Gasteiger partial charge in [0.2, 0.25) is 5.91 Å². The molecular weight excluding hydrogens is 370 g/mol. The van der Waals surface area contributed by atoms with Crippen LogP contribution in [0.2, 0.25) is 5.02 Å². The lowest BCUT2D eigenvalue weighted by Gasteiger charge is -2.16. The minimum Gasteiger partial charge on any atom is -0.348 e. The highest BCUT2D eigenvalue weighted by molar-refractivity contribution is 7.99. The van der Waals surface area contributed by atoms with E-state index < -0.39 is 0 Å². The first kappa shape index (κ1) is 18.5. The first-order chi connectivity index (χ1) is 12.4. The second-order valence-corrected chi connectivity index (χ2v) is 7.44. The van der Waals surface area contributed by atoms with Gasteiger partial charge in [-0.2, -0.15) is 0 Å². The van der Waals surface area contributed by atoms with Crippen LogP contribution >= 0.6 is 23.4 Å². The van der Waals surface area contributed by atoms with Gasteiger partial charge < -0.3 is 4.90 Å². The summed E-state index contributed by atoms with van der Waals surface area (Å²) < 4.78 is 1.57. The zero-order valence-electron chi connectivity index (χ0n) is 14.7. The van der Waals surface area contributed by atoms with Crippen molar-refractivity contribution in [1.29, 1.82) is 0 Å². The molecule has 1 aromatic heterocycles. The summed E-state index contributed by atoms with van der Waals surface area (Å²) in [7, 11) is 3.40. The molecule has 1 heterocycles. The molecule has 0 aliphatic heterocycles. The van der Waals surface area contributed by atoms with Crippen LogP contribution in [0.3, 0.4) is 0 Å². The molecule has 1 amide bonds. The Morgan fingerprint density at radius 1 is 1.23 bits per heavy atom. The average molecular weight is 388 g/mol. The van der Waals surface area contributed by atoms with E-state index in [-0.39, 0.29) is 17.2 Å². The molecule has 3 rings (SSSR count). The van der Waals surface area contributed by atoms with E-state index in [0.717, 1.165) is 11.3 Å². The maximum atomic E-state index is 13.2. The van der Waals surface area contributed by atoms with Crippen molar-refractivity contribution >= 4 is 40.2 Å². The van der Waals surface area contributed by atoms with Crippen LogP contribution in [0.5, 0.6) is 0 Å². The topological polar surface area (TPSA) is 55.2 Å². The molecule has 0 saturated carbocycles. The quantitative estimate of drug-likeness (QED) is 0.507. The van der Waals surface area contributed by atoms with Gasteiger partial charge in [0.05, 0.1) is 22.3 Å². The van der Waals surface area contributed by atoms with E-state index in [1.54, 1.807) is 36.9 Å². The van der Waals surface area contributed by atoms with Crippen molar-refractivity contribution in [2.24, 2.45) is 0 Å². The molecule has 5 nitrogen and oxygen atoms in total. The van der Waals surface area contributed by atoms with Gasteiger partial charge in [0.25, 0.3) is 5.56 Å². The Balaban J connectivity index is 2.22. The number of hydrogen-bond donors (Lipinski definition) is 0. The summed E-state index contributed by atoms with van der Waals surface area (Å²) >= 11 is 7.30. The Kier molecular flexibility index (Phi) is 5.34. The first-order valence-electron chi connectivity index (χ1n) is 8.00. The zero-order valence-corrected chi connectivity index (χ0v) is 16.3. The van der Waals surface area contributed by atoms with Gasteiger partial charge in [0.1, 0.15) is 0 Å². The highest BCUT2D eigenvalue weighted by Gasteiger charge is 2.16. The third-order valence-corrected chi connectivity index (χ3v) is 5.14. The molecule has 0 atom stereocenters. The molecule has 134 valence electrons. The summed E-state index contributed by atoms with van der Waals surface area (Å²) in [5.41, 5.74) is 2.04. The molecule has 2 aromatic carbocycles. The lowest BCUT2D eigenvalue weighted by atomic mass is 10.2. The second kappa shape index (κ2) is 7.51. The summed E-state index contributed by atoms with van der Waals surface area (Å²) in [6, 6.07) is 12.6. The Bertz CT molecular complexity index is 1050. The minimum absolute atomic E-state index is 0.0493. The number of carbonyl (C=O) groups excluding carboxylic acids is 1. The summed E-state index contributed by atoms with van der Waals surface area (Å²) in [5.74, 6) is 0.143. The molecule has 0 N–H and O–H groups in total. The Morgan fingerprint density at radius 2 is 1.96 bits per heavy atom. The summed E-state index contributed by atoms with van der Waals surface area (Å²) in [6.45, 7) is 1.94. The SMILES string of the molecule is Cc1ccccc1-n1c(SCC(=O)N(C)C)nc2cc(Cl)ccc2c1=O. The lowest BCUT2D eigenvalue weighted by Crippen LogP contribution is -2.26. The third-order valence-electron chi connectivity index (χ3n) is 3.98. The molecule has 3 aromatic rings. The largest absolute Gasteiger partial charge is 0.348 e. The predicted molar refractivity (Wildman–Crippen MR) is 107 cm³/mol.